The molecule has 0 bridgehead atoms. The maximum absolute atomic E-state index is 11.5. The van der Waals surface area contributed by atoms with E-state index in [1.807, 2.05) is 19.1 Å². The van der Waals surface area contributed by atoms with Gasteiger partial charge in [0.15, 0.2) is 9.84 Å². The second-order valence-corrected chi connectivity index (χ2v) is 7.90. The second kappa shape index (κ2) is 6.43. The summed E-state index contributed by atoms with van der Waals surface area (Å²) in [6.45, 7) is 3.46. The Labute approximate surface area is 127 Å². The third-order valence-electron chi connectivity index (χ3n) is 3.14. The van der Waals surface area contributed by atoms with Crippen molar-refractivity contribution in [2.75, 3.05) is 18.1 Å². The van der Waals surface area contributed by atoms with E-state index in [1.165, 1.54) is 0 Å². The van der Waals surface area contributed by atoms with E-state index in [0.717, 1.165) is 16.6 Å². The van der Waals surface area contributed by atoms with Gasteiger partial charge in [-0.05, 0) is 24.7 Å². The fourth-order valence-corrected chi connectivity index (χ4v) is 4.20. The van der Waals surface area contributed by atoms with Crippen molar-refractivity contribution < 1.29 is 18.3 Å². The van der Waals surface area contributed by atoms with Crippen LogP contribution in [0.2, 0.25) is 0 Å². The Morgan fingerprint density at radius 2 is 2.20 bits per heavy atom. The van der Waals surface area contributed by atoms with Gasteiger partial charge in [-0.3, -0.25) is 0 Å². The SMILES string of the molecule is CCNCc1cc(Br)ccc1OC1CS(=O)(=O)CC1O. The highest BCUT2D eigenvalue weighted by Gasteiger charge is 2.38. The number of aliphatic hydroxyl groups is 1. The first kappa shape index (κ1) is 15.8. The normalized spacial score (nSPS) is 24.8. The van der Waals surface area contributed by atoms with Crippen LogP contribution in [-0.2, 0) is 16.4 Å². The van der Waals surface area contributed by atoms with Gasteiger partial charge in [0.05, 0.1) is 11.5 Å². The zero-order valence-electron chi connectivity index (χ0n) is 11.2. The molecule has 1 aromatic rings. The zero-order valence-corrected chi connectivity index (χ0v) is 13.6. The summed E-state index contributed by atoms with van der Waals surface area (Å²) in [5.41, 5.74) is 0.928. The van der Waals surface area contributed by atoms with Crippen LogP contribution in [-0.4, -0.2) is 43.8 Å². The predicted octanol–water partition coefficient (Wildman–Crippen LogP) is 1.10. The molecule has 1 aliphatic rings. The van der Waals surface area contributed by atoms with Crippen molar-refractivity contribution in [3.05, 3.63) is 28.2 Å². The van der Waals surface area contributed by atoms with E-state index < -0.39 is 22.0 Å². The van der Waals surface area contributed by atoms with Gasteiger partial charge in [0.1, 0.15) is 18.0 Å². The summed E-state index contributed by atoms with van der Waals surface area (Å²) >= 11 is 3.40. The number of aliphatic hydroxyl groups excluding tert-OH is 1. The lowest BCUT2D eigenvalue weighted by Crippen LogP contribution is -2.30. The Morgan fingerprint density at radius 1 is 1.45 bits per heavy atom. The van der Waals surface area contributed by atoms with Crippen LogP contribution in [0.25, 0.3) is 0 Å². The Morgan fingerprint density at radius 3 is 2.80 bits per heavy atom. The number of ether oxygens (including phenoxy) is 1. The lowest BCUT2D eigenvalue weighted by Gasteiger charge is -2.18. The molecule has 2 unspecified atom stereocenters. The number of hydrogen-bond acceptors (Lipinski definition) is 5. The van der Waals surface area contributed by atoms with Gasteiger partial charge in [-0.2, -0.15) is 0 Å². The molecule has 2 N–H and O–H groups in total. The average Bonchev–Trinajstić information content (AvgIpc) is 2.62. The lowest BCUT2D eigenvalue weighted by molar-refractivity contribution is 0.0730. The Kier molecular flexibility index (Phi) is 5.06. The van der Waals surface area contributed by atoms with Crippen LogP contribution in [0, 0.1) is 0 Å². The number of hydrogen-bond donors (Lipinski definition) is 2. The minimum absolute atomic E-state index is 0.134. The molecule has 0 spiro atoms. The number of rotatable bonds is 5. The lowest BCUT2D eigenvalue weighted by atomic mass is 10.2. The molecule has 0 saturated carbocycles. The van der Waals surface area contributed by atoms with E-state index in [1.54, 1.807) is 6.07 Å². The molecule has 0 aliphatic carbocycles. The van der Waals surface area contributed by atoms with Gasteiger partial charge in [0.25, 0.3) is 0 Å². The average molecular weight is 364 g/mol. The maximum Gasteiger partial charge on any atom is 0.156 e. The number of benzene rings is 1. The molecule has 1 saturated heterocycles. The van der Waals surface area contributed by atoms with E-state index >= 15 is 0 Å². The standard InChI is InChI=1S/C13H18BrNO4S/c1-2-15-6-9-5-10(14)3-4-12(9)19-13-8-20(17,18)7-11(13)16/h3-5,11,13,15-16H,2,6-8H2,1H3. The van der Waals surface area contributed by atoms with Gasteiger partial charge < -0.3 is 15.2 Å². The monoisotopic (exact) mass is 363 g/mol. The molecule has 5 nitrogen and oxygen atoms in total. The van der Waals surface area contributed by atoms with E-state index in [2.05, 4.69) is 21.2 Å². The Bertz CT molecular complexity index is 576. The molecule has 1 fully saturated rings. The molecule has 1 aliphatic heterocycles. The van der Waals surface area contributed by atoms with Gasteiger partial charge >= 0.3 is 0 Å². The van der Waals surface area contributed by atoms with E-state index in [9.17, 15) is 13.5 Å². The molecule has 0 radical (unpaired) electrons. The molecule has 20 heavy (non-hydrogen) atoms. The molecule has 112 valence electrons. The highest BCUT2D eigenvalue weighted by Crippen LogP contribution is 2.27. The summed E-state index contributed by atoms with van der Waals surface area (Å²) < 4.78 is 29.6. The van der Waals surface area contributed by atoms with Crippen LogP contribution in [0.15, 0.2) is 22.7 Å². The first-order chi connectivity index (χ1) is 9.41. The fraction of sp³-hybridized carbons (Fsp3) is 0.538. The third kappa shape index (κ3) is 3.94. The van der Waals surface area contributed by atoms with Crippen molar-refractivity contribution in [3.8, 4) is 5.75 Å². The van der Waals surface area contributed by atoms with E-state index in [0.29, 0.717) is 12.3 Å². The number of sulfone groups is 1. The number of halogens is 1. The van der Waals surface area contributed by atoms with Crippen LogP contribution >= 0.6 is 15.9 Å². The van der Waals surface area contributed by atoms with Crippen molar-refractivity contribution >= 4 is 25.8 Å². The highest BCUT2D eigenvalue weighted by atomic mass is 79.9. The topological polar surface area (TPSA) is 75.6 Å². The van der Waals surface area contributed by atoms with Crippen LogP contribution < -0.4 is 10.1 Å². The Hall–Kier alpha value is -0.630. The summed E-state index contributed by atoms with van der Waals surface area (Å²) in [5.74, 6) is 0.247. The maximum atomic E-state index is 11.5. The summed E-state index contributed by atoms with van der Waals surface area (Å²) in [5, 5.41) is 13.0. The van der Waals surface area contributed by atoms with Gasteiger partial charge in [0.2, 0.25) is 0 Å². The minimum atomic E-state index is -3.20. The zero-order chi connectivity index (χ0) is 14.8. The summed E-state index contributed by atoms with van der Waals surface area (Å²) in [6.07, 6.45) is -1.66. The van der Waals surface area contributed by atoms with Crippen molar-refractivity contribution in [1.82, 2.24) is 5.32 Å². The van der Waals surface area contributed by atoms with Gasteiger partial charge in [-0.1, -0.05) is 22.9 Å². The van der Waals surface area contributed by atoms with Crippen molar-refractivity contribution in [2.24, 2.45) is 0 Å². The second-order valence-electron chi connectivity index (χ2n) is 4.83. The smallest absolute Gasteiger partial charge is 0.156 e. The Balaban J connectivity index is 2.16. The first-order valence-electron chi connectivity index (χ1n) is 6.45. The molecular formula is C13H18BrNO4S. The van der Waals surface area contributed by atoms with Crippen molar-refractivity contribution in [2.45, 2.75) is 25.7 Å². The molecule has 1 heterocycles. The largest absolute Gasteiger partial charge is 0.486 e. The molecule has 7 heteroatoms. The third-order valence-corrected chi connectivity index (χ3v) is 5.32. The van der Waals surface area contributed by atoms with Crippen LogP contribution in [0.5, 0.6) is 5.75 Å². The number of nitrogens with one attached hydrogen (secondary N) is 1. The van der Waals surface area contributed by atoms with Crippen LogP contribution in [0.1, 0.15) is 12.5 Å². The van der Waals surface area contributed by atoms with E-state index in [-0.39, 0.29) is 11.5 Å². The van der Waals surface area contributed by atoms with Crippen molar-refractivity contribution in [1.29, 1.82) is 0 Å². The van der Waals surface area contributed by atoms with Gasteiger partial charge in [-0.15, -0.1) is 0 Å². The highest BCUT2D eigenvalue weighted by molar-refractivity contribution is 9.10. The molecular weight excluding hydrogens is 346 g/mol. The summed E-state index contributed by atoms with van der Waals surface area (Å²) in [6, 6.07) is 5.54. The quantitative estimate of drug-likeness (QED) is 0.818. The predicted molar refractivity (Wildman–Crippen MR) is 80.6 cm³/mol. The molecule has 0 amide bonds. The molecule has 2 atom stereocenters. The molecule has 0 aromatic heterocycles. The van der Waals surface area contributed by atoms with Gasteiger partial charge in [-0.25, -0.2) is 8.42 Å². The van der Waals surface area contributed by atoms with Crippen LogP contribution in [0.4, 0.5) is 0 Å². The first-order valence-corrected chi connectivity index (χ1v) is 9.07. The van der Waals surface area contributed by atoms with Gasteiger partial charge in [0, 0.05) is 16.6 Å². The van der Waals surface area contributed by atoms with Crippen LogP contribution in [0.3, 0.4) is 0 Å². The summed E-state index contributed by atoms with van der Waals surface area (Å²) in [4.78, 5) is 0. The van der Waals surface area contributed by atoms with Crippen molar-refractivity contribution in [3.63, 3.8) is 0 Å². The molecule has 2 rings (SSSR count). The summed E-state index contributed by atoms with van der Waals surface area (Å²) in [7, 11) is -3.20. The van der Waals surface area contributed by atoms with E-state index in [4.69, 9.17) is 4.74 Å². The fourth-order valence-electron chi connectivity index (χ4n) is 2.13. The minimum Gasteiger partial charge on any atom is -0.486 e. The molecule has 1 aromatic carbocycles.